The van der Waals surface area contributed by atoms with Crippen LogP contribution in [0.15, 0.2) is 35.4 Å². The molecule has 1 N–H and O–H groups in total. The fraction of sp³-hybridized carbons (Fsp3) is 0.250. The summed E-state index contributed by atoms with van der Waals surface area (Å²) < 4.78 is 32.3. The van der Waals surface area contributed by atoms with E-state index in [4.69, 9.17) is 4.74 Å². The molecule has 126 valence electrons. The molecule has 3 rings (SSSR count). The fourth-order valence-corrected chi connectivity index (χ4v) is 4.35. The number of ether oxygens (including phenoxy) is 1. The van der Waals surface area contributed by atoms with Crippen LogP contribution >= 0.6 is 0 Å². The molecule has 1 aliphatic heterocycles. The van der Waals surface area contributed by atoms with Gasteiger partial charge < -0.3 is 9.84 Å². The van der Waals surface area contributed by atoms with E-state index in [-0.39, 0.29) is 29.4 Å². The van der Waals surface area contributed by atoms with Crippen LogP contribution in [-0.4, -0.2) is 35.9 Å². The largest absolute Gasteiger partial charge is 0.480 e. The van der Waals surface area contributed by atoms with Crippen LogP contribution in [0, 0.1) is 6.92 Å². The molecule has 0 atom stereocenters. The van der Waals surface area contributed by atoms with Crippen molar-refractivity contribution < 1.29 is 23.1 Å². The molecule has 0 amide bonds. The van der Waals surface area contributed by atoms with E-state index >= 15 is 0 Å². The topological polar surface area (TPSA) is 96.8 Å². The minimum Gasteiger partial charge on any atom is -0.480 e. The number of rotatable bonds is 4. The zero-order valence-electron chi connectivity index (χ0n) is 13.2. The summed E-state index contributed by atoms with van der Waals surface area (Å²) in [6.07, 6.45) is 1.53. The van der Waals surface area contributed by atoms with E-state index in [0.29, 0.717) is 16.7 Å². The molecule has 24 heavy (non-hydrogen) atoms. The highest BCUT2D eigenvalue weighted by Crippen LogP contribution is 2.33. The number of fused-ring (bicyclic) bond motifs is 1. The van der Waals surface area contributed by atoms with Gasteiger partial charge in [0.2, 0.25) is 15.9 Å². The number of benzene rings is 1. The Morgan fingerprint density at radius 1 is 1.33 bits per heavy atom. The maximum atomic E-state index is 13.0. The van der Waals surface area contributed by atoms with Crippen molar-refractivity contribution in [1.29, 1.82) is 0 Å². The Bertz CT molecular complexity index is 924. The van der Waals surface area contributed by atoms with Crippen molar-refractivity contribution >= 4 is 16.0 Å². The first-order chi connectivity index (χ1) is 11.3. The quantitative estimate of drug-likeness (QED) is 0.905. The maximum absolute atomic E-state index is 13.0. The summed E-state index contributed by atoms with van der Waals surface area (Å²) in [5.41, 5.74) is 2.03. The first kappa shape index (κ1) is 16.4. The summed E-state index contributed by atoms with van der Waals surface area (Å²) in [6, 6.07) is 6.34. The number of hydrogen-bond acceptors (Lipinski definition) is 5. The number of aryl methyl sites for hydroxylation is 1. The molecule has 1 aromatic heterocycles. The molecule has 2 heterocycles. The van der Waals surface area contributed by atoms with Gasteiger partial charge in [-0.1, -0.05) is 12.1 Å². The van der Waals surface area contributed by atoms with Crippen LogP contribution in [0.25, 0.3) is 0 Å². The molecule has 8 heteroatoms. The molecule has 0 saturated heterocycles. The molecule has 0 fully saturated rings. The summed E-state index contributed by atoms with van der Waals surface area (Å²) in [5, 5.41) is 9.28. The van der Waals surface area contributed by atoms with Crippen LogP contribution in [0.4, 0.5) is 0 Å². The van der Waals surface area contributed by atoms with Gasteiger partial charge in [0, 0.05) is 19.3 Å². The average molecular weight is 348 g/mol. The van der Waals surface area contributed by atoms with Gasteiger partial charge in [0.1, 0.15) is 4.90 Å². The van der Waals surface area contributed by atoms with Crippen LogP contribution in [0.2, 0.25) is 0 Å². The number of sulfonamides is 1. The van der Waals surface area contributed by atoms with Gasteiger partial charge in [-0.3, -0.25) is 0 Å². The molecule has 1 aliphatic rings. The van der Waals surface area contributed by atoms with Gasteiger partial charge in [-0.15, -0.1) is 0 Å². The van der Waals surface area contributed by atoms with E-state index < -0.39 is 16.0 Å². The van der Waals surface area contributed by atoms with Gasteiger partial charge in [0.05, 0.1) is 12.7 Å². The molecular weight excluding hydrogens is 332 g/mol. The van der Waals surface area contributed by atoms with Crippen molar-refractivity contribution in [2.45, 2.75) is 24.9 Å². The van der Waals surface area contributed by atoms with E-state index in [2.05, 4.69) is 4.98 Å². The Labute approximate surface area is 139 Å². The van der Waals surface area contributed by atoms with Gasteiger partial charge in [-0.05, 0) is 35.7 Å². The number of aromatic nitrogens is 1. The monoisotopic (exact) mass is 348 g/mol. The van der Waals surface area contributed by atoms with Crippen LogP contribution in [0.1, 0.15) is 27.0 Å². The van der Waals surface area contributed by atoms with Gasteiger partial charge in [0.25, 0.3) is 0 Å². The molecule has 2 aromatic rings. The van der Waals surface area contributed by atoms with Crippen LogP contribution in [0.5, 0.6) is 5.88 Å². The van der Waals surface area contributed by atoms with E-state index in [1.807, 2.05) is 0 Å². The van der Waals surface area contributed by atoms with Crippen molar-refractivity contribution in [3.63, 3.8) is 0 Å². The zero-order valence-corrected chi connectivity index (χ0v) is 14.0. The van der Waals surface area contributed by atoms with Crippen molar-refractivity contribution in [2.75, 3.05) is 7.11 Å². The summed E-state index contributed by atoms with van der Waals surface area (Å²) >= 11 is 0. The maximum Gasteiger partial charge on any atom is 0.336 e. The lowest BCUT2D eigenvalue weighted by Gasteiger charge is -2.17. The van der Waals surface area contributed by atoms with Crippen molar-refractivity contribution in [1.82, 2.24) is 9.29 Å². The van der Waals surface area contributed by atoms with Gasteiger partial charge in [-0.25, -0.2) is 18.2 Å². The first-order valence-corrected chi connectivity index (χ1v) is 8.63. The smallest absolute Gasteiger partial charge is 0.336 e. The lowest BCUT2D eigenvalue weighted by atomic mass is 10.0. The SMILES string of the molecule is COc1ncc(C)cc1S(=O)(=O)N1Cc2cccc(C(=O)O)c2C1. The number of hydrogen-bond donors (Lipinski definition) is 1. The Hall–Kier alpha value is -2.45. The predicted molar refractivity (Wildman–Crippen MR) is 85.4 cm³/mol. The first-order valence-electron chi connectivity index (χ1n) is 7.19. The summed E-state index contributed by atoms with van der Waals surface area (Å²) in [6.45, 7) is 1.87. The zero-order chi connectivity index (χ0) is 17.5. The number of carboxylic acids is 1. The Kier molecular flexibility index (Phi) is 4.02. The Morgan fingerprint density at radius 2 is 2.08 bits per heavy atom. The number of nitrogens with zero attached hydrogens (tertiary/aromatic N) is 2. The number of aromatic carboxylic acids is 1. The third-order valence-corrected chi connectivity index (χ3v) is 5.74. The van der Waals surface area contributed by atoms with Crippen LogP contribution in [0.3, 0.4) is 0 Å². The second-order valence-corrected chi connectivity index (χ2v) is 7.45. The number of pyridine rings is 1. The molecule has 0 radical (unpaired) electrons. The molecule has 0 saturated carbocycles. The van der Waals surface area contributed by atoms with Crippen molar-refractivity contribution in [3.05, 3.63) is 52.7 Å². The fourth-order valence-electron chi connectivity index (χ4n) is 2.77. The van der Waals surface area contributed by atoms with Crippen LogP contribution < -0.4 is 4.74 Å². The molecule has 0 unspecified atom stereocenters. The Morgan fingerprint density at radius 3 is 2.75 bits per heavy atom. The summed E-state index contributed by atoms with van der Waals surface area (Å²) in [7, 11) is -2.50. The normalized spacial score (nSPS) is 14.4. The van der Waals surface area contributed by atoms with Gasteiger partial charge >= 0.3 is 5.97 Å². The third kappa shape index (κ3) is 2.63. The molecule has 1 aromatic carbocycles. The molecule has 0 spiro atoms. The lowest BCUT2D eigenvalue weighted by Crippen LogP contribution is -2.26. The van der Waals surface area contributed by atoms with E-state index in [9.17, 15) is 18.3 Å². The van der Waals surface area contributed by atoms with Crippen molar-refractivity contribution in [3.8, 4) is 5.88 Å². The van der Waals surface area contributed by atoms with E-state index in [1.54, 1.807) is 19.1 Å². The Balaban J connectivity index is 2.04. The molecular formula is C16H16N2O5S. The van der Waals surface area contributed by atoms with Gasteiger partial charge in [0.15, 0.2) is 0 Å². The summed E-state index contributed by atoms with van der Waals surface area (Å²) in [5.74, 6) is -1.05. The number of methoxy groups -OCH3 is 1. The van der Waals surface area contributed by atoms with Crippen LogP contribution in [-0.2, 0) is 23.1 Å². The highest BCUT2D eigenvalue weighted by atomic mass is 32.2. The summed E-state index contributed by atoms with van der Waals surface area (Å²) in [4.78, 5) is 15.3. The van der Waals surface area contributed by atoms with Crippen molar-refractivity contribution in [2.24, 2.45) is 0 Å². The predicted octanol–water partition coefficient (Wildman–Crippen LogP) is 1.80. The average Bonchev–Trinajstić information content (AvgIpc) is 2.99. The standard InChI is InChI=1S/C16H16N2O5S/c1-10-6-14(15(23-2)17-7-10)24(21,22)18-8-11-4-3-5-12(16(19)20)13(11)9-18/h3-7H,8-9H2,1-2H3,(H,19,20). The number of carboxylic acid groups (broad SMARTS) is 1. The molecule has 0 bridgehead atoms. The lowest BCUT2D eigenvalue weighted by molar-refractivity contribution is 0.0695. The second-order valence-electron chi connectivity index (χ2n) is 5.54. The minimum atomic E-state index is -3.86. The van der Waals surface area contributed by atoms with Gasteiger partial charge in [-0.2, -0.15) is 4.31 Å². The van der Waals surface area contributed by atoms with E-state index in [0.717, 1.165) is 0 Å². The molecule has 7 nitrogen and oxygen atoms in total. The highest BCUT2D eigenvalue weighted by Gasteiger charge is 2.35. The third-order valence-electron chi connectivity index (χ3n) is 3.95. The molecule has 0 aliphatic carbocycles. The van der Waals surface area contributed by atoms with E-state index in [1.165, 1.54) is 29.7 Å². The second kappa shape index (κ2) is 5.88. The highest BCUT2D eigenvalue weighted by molar-refractivity contribution is 7.89. The number of carbonyl (C=O) groups is 1. The minimum absolute atomic E-state index is 0.0111.